The summed E-state index contributed by atoms with van der Waals surface area (Å²) in [6.45, 7) is 1.42. The maximum Gasteiger partial charge on any atom is 0.240 e. The molecule has 5 nitrogen and oxygen atoms in total. The van der Waals surface area contributed by atoms with Gasteiger partial charge >= 0.3 is 0 Å². The molecule has 8 heteroatoms. The number of nitrogens with two attached hydrogens (primary N) is 2. The van der Waals surface area contributed by atoms with Gasteiger partial charge in [0.15, 0.2) is 0 Å². The van der Waals surface area contributed by atoms with Gasteiger partial charge in [-0.25, -0.2) is 22.3 Å². The minimum absolute atomic E-state index is 0.00820. The number of sulfonamides is 1. The smallest absolute Gasteiger partial charge is 0.240 e. The van der Waals surface area contributed by atoms with Crippen molar-refractivity contribution in [2.24, 2.45) is 5.14 Å². The van der Waals surface area contributed by atoms with Crippen LogP contribution >= 0.6 is 0 Å². The SMILES string of the molecule is Cc1cc(F)c(Nc2ccc(N)cc2S(N)(=O)=O)cc1F. The van der Waals surface area contributed by atoms with Gasteiger partial charge in [0.2, 0.25) is 10.0 Å². The molecular weight excluding hydrogens is 300 g/mol. The van der Waals surface area contributed by atoms with Crippen molar-refractivity contribution in [2.75, 3.05) is 11.1 Å². The summed E-state index contributed by atoms with van der Waals surface area (Å²) in [7, 11) is -4.07. The summed E-state index contributed by atoms with van der Waals surface area (Å²) in [4.78, 5) is -0.303. The fourth-order valence-electron chi connectivity index (χ4n) is 1.76. The average Bonchev–Trinajstić information content (AvgIpc) is 2.36. The van der Waals surface area contributed by atoms with Gasteiger partial charge in [0, 0.05) is 11.8 Å². The summed E-state index contributed by atoms with van der Waals surface area (Å²) in [6.07, 6.45) is 0. The van der Waals surface area contributed by atoms with Crippen molar-refractivity contribution in [1.29, 1.82) is 0 Å². The third-order valence-electron chi connectivity index (χ3n) is 2.83. The van der Waals surface area contributed by atoms with Gasteiger partial charge in [0.25, 0.3) is 0 Å². The summed E-state index contributed by atoms with van der Waals surface area (Å²) >= 11 is 0. The Morgan fingerprint density at radius 1 is 1.05 bits per heavy atom. The molecule has 0 bridgehead atoms. The first kappa shape index (κ1) is 15.2. The molecule has 21 heavy (non-hydrogen) atoms. The number of benzene rings is 2. The Labute approximate surface area is 120 Å². The van der Waals surface area contributed by atoms with Gasteiger partial charge in [-0.15, -0.1) is 0 Å². The van der Waals surface area contributed by atoms with Gasteiger partial charge in [-0.3, -0.25) is 0 Å². The van der Waals surface area contributed by atoms with E-state index in [1.54, 1.807) is 0 Å². The molecule has 2 aromatic carbocycles. The van der Waals surface area contributed by atoms with E-state index in [1.807, 2.05) is 0 Å². The molecule has 0 spiro atoms. The first-order chi connectivity index (χ1) is 9.68. The third-order valence-corrected chi connectivity index (χ3v) is 3.78. The van der Waals surface area contributed by atoms with Gasteiger partial charge in [-0.05, 0) is 36.8 Å². The second-order valence-electron chi connectivity index (χ2n) is 4.51. The summed E-state index contributed by atoms with van der Waals surface area (Å²) in [6, 6.07) is 5.82. The molecule has 0 unspecified atom stereocenters. The van der Waals surface area contributed by atoms with E-state index in [1.165, 1.54) is 19.1 Å². The predicted octanol–water partition coefficient (Wildman–Crippen LogP) is 2.25. The second-order valence-corrected chi connectivity index (χ2v) is 6.04. The lowest BCUT2D eigenvalue weighted by Crippen LogP contribution is -2.14. The Kier molecular flexibility index (Phi) is 3.84. The molecule has 0 saturated heterocycles. The van der Waals surface area contributed by atoms with Crippen molar-refractivity contribution in [3.63, 3.8) is 0 Å². The molecule has 5 N–H and O–H groups in total. The average molecular weight is 313 g/mol. The number of halogens is 2. The van der Waals surface area contributed by atoms with E-state index in [4.69, 9.17) is 10.9 Å². The molecule has 112 valence electrons. The van der Waals surface area contributed by atoms with Crippen LogP contribution in [0.25, 0.3) is 0 Å². The molecule has 2 aromatic rings. The van der Waals surface area contributed by atoms with Crippen LogP contribution < -0.4 is 16.2 Å². The second kappa shape index (κ2) is 5.30. The van der Waals surface area contributed by atoms with Crippen LogP contribution in [0, 0.1) is 18.6 Å². The third kappa shape index (κ3) is 3.29. The Balaban J connectivity index is 2.53. The number of aryl methyl sites for hydroxylation is 1. The van der Waals surface area contributed by atoms with Gasteiger partial charge in [0.05, 0.1) is 11.4 Å². The molecule has 0 radical (unpaired) electrons. The number of nitrogens with one attached hydrogen (secondary N) is 1. The van der Waals surface area contributed by atoms with Crippen LogP contribution in [0.2, 0.25) is 0 Å². The molecule has 0 aromatic heterocycles. The van der Waals surface area contributed by atoms with Gasteiger partial charge in [-0.2, -0.15) is 0 Å². The Bertz CT molecular complexity index is 807. The highest BCUT2D eigenvalue weighted by Gasteiger charge is 2.16. The molecule has 2 rings (SSSR count). The van der Waals surface area contributed by atoms with E-state index in [2.05, 4.69) is 5.32 Å². The van der Waals surface area contributed by atoms with Crippen molar-refractivity contribution in [3.05, 3.63) is 47.5 Å². The van der Waals surface area contributed by atoms with Crippen molar-refractivity contribution in [2.45, 2.75) is 11.8 Å². The zero-order valence-corrected chi connectivity index (χ0v) is 11.8. The fourth-order valence-corrected chi connectivity index (χ4v) is 2.49. The molecule has 0 amide bonds. The van der Waals surface area contributed by atoms with Crippen LogP contribution in [0.3, 0.4) is 0 Å². The highest BCUT2D eigenvalue weighted by Crippen LogP contribution is 2.28. The normalized spacial score (nSPS) is 11.4. The number of nitrogen functional groups attached to an aromatic ring is 1. The minimum Gasteiger partial charge on any atom is -0.399 e. The van der Waals surface area contributed by atoms with Crippen molar-refractivity contribution < 1.29 is 17.2 Å². The van der Waals surface area contributed by atoms with E-state index in [0.717, 1.165) is 18.2 Å². The van der Waals surface area contributed by atoms with Crippen LogP contribution in [0.4, 0.5) is 25.8 Å². The van der Waals surface area contributed by atoms with Crippen molar-refractivity contribution in [3.8, 4) is 0 Å². The Hall–Kier alpha value is -2.19. The van der Waals surface area contributed by atoms with Crippen molar-refractivity contribution >= 4 is 27.1 Å². The molecule has 0 aliphatic carbocycles. The van der Waals surface area contributed by atoms with E-state index in [9.17, 15) is 17.2 Å². The van der Waals surface area contributed by atoms with E-state index < -0.39 is 21.7 Å². The standard InChI is InChI=1S/C13H13F2N3O2S/c1-7-4-10(15)12(6-9(7)14)18-11-3-2-8(16)5-13(11)21(17,19)20/h2-6,18H,16H2,1H3,(H2,17,19,20). The molecular formula is C13H13F2N3O2S. The summed E-state index contributed by atoms with van der Waals surface area (Å²) in [5, 5.41) is 7.59. The highest BCUT2D eigenvalue weighted by molar-refractivity contribution is 7.89. The van der Waals surface area contributed by atoms with Crippen LogP contribution in [-0.2, 0) is 10.0 Å². The van der Waals surface area contributed by atoms with Gasteiger partial charge in [0.1, 0.15) is 16.5 Å². The quantitative estimate of drug-likeness (QED) is 0.757. The van der Waals surface area contributed by atoms with Gasteiger partial charge in [-0.1, -0.05) is 0 Å². The molecule has 0 aliphatic rings. The topological polar surface area (TPSA) is 98.2 Å². The van der Waals surface area contributed by atoms with Crippen LogP contribution in [0.1, 0.15) is 5.56 Å². The zero-order chi connectivity index (χ0) is 15.8. The highest BCUT2D eigenvalue weighted by atomic mass is 32.2. The number of anilines is 3. The zero-order valence-electron chi connectivity index (χ0n) is 11.0. The molecule has 0 atom stereocenters. The molecule has 0 aliphatic heterocycles. The molecule has 0 heterocycles. The largest absolute Gasteiger partial charge is 0.399 e. The number of hydrogen-bond donors (Lipinski definition) is 3. The lowest BCUT2D eigenvalue weighted by molar-refractivity contribution is 0.595. The van der Waals surface area contributed by atoms with Crippen LogP contribution in [0.5, 0.6) is 0 Å². The summed E-state index contributed by atoms with van der Waals surface area (Å²) < 4.78 is 50.3. The number of hydrogen-bond acceptors (Lipinski definition) is 4. The number of rotatable bonds is 3. The lowest BCUT2D eigenvalue weighted by atomic mass is 10.2. The summed E-state index contributed by atoms with van der Waals surface area (Å²) in [5.74, 6) is -1.34. The van der Waals surface area contributed by atoms with Gasteiger partial charge < -0.3 is 11.1 Å². The first-order valence-corrected chi connectivity index (χ1v) is 7.38. The monoisotopic (exact) mass is 313 g/mol. The lowest BCUT2D eigenvalue weighted by Gasteiger charge is -2.13. The van der Waals surface area contributed by atoms with E-state index >= 15 is 0 Å². The predicted molar refractivity (Wildman–Crippen MR) is 76.6 cm³/mol. The maximum absolute atomic E-state index is 13.8. The first-order valence-electron chi connectivity index (χ1n) is 5.83. The number of primary sulfonamides is 1. The summed E-state index contributed by atoms with van der Waals surface area (Å²) in [5.41, 5.74) is 5.64. The molecule has 0 fully saturated rings. The Morgan fingerprint density at radius 2 is 1.71 bits per heavy atom. The maximum atomic E-state index is 13.8. The van der Waals surface area contributed by atoms with Crippen LogP contribution in [-0.4, -0.2) is 8.42 Å². The molecule has 0 saturated carbocycles. The Morgan fingerprint density at radius 3 is 2.33 bits per heavy atom. The fraction of sp³-hybridized carbons (Fsp3) is 0.0769. The minimum atomic E-state index is -4.07. The van der Waals surface area contributed by atoms with Crippen molar-refractivity contribution in [1.82, 2.24) is 0 Å². The van der Waals surface area contributed by atoms with E-state index in [-0.39, 0.29) is 27.5 Å². The van der Waals surface area contributed by atoms with E-state index in [0.29, 0.717) is 0 Å². The van der Waals surface area contributed by atoms with Crippen LogP contribution in [0.15, 0.2) is 35.2 Å².